The SMILES string of the molecule is CC(C)(CNCc1ncc[nH]1)c1ccc2c(c1)OCO2. The van der Waals surface area contributed by atoms with Crippen LogP contribution in [0.3, 0.4) is 0 Å². The molecule has 5 nitrogen and oxygen atoms in total. The number of aromatic amines is 1. The molecule has 2 N–H and O–H groups in total. The van der Waals surface area contributed by atoms with Gasteiger partial charge < -0.3 is 19.8 Å². The molecule has 0 spiro atoms. The fourth-order valence-electron chi connectivity index (χ4n) is 2.31. The number of imidazole rings is 1. The molecule has 0 atom stereocenters. The molecule has 0 bridgehead atoms. The molecule has 3 rings (SSSR count). The van der Waals surface area contributed by atoms with Gasteiger partial charge in [0.25, 0.3) is 0 Å². The zero-order valence-corrected chi connectivity index (χ0v) is 11.8. The average Bonchev–Trinajstić information content (AvgIpc) is 3.08. The lowest BCUT2D eigenvalue weighted by atomic mass is 9.84. The molecule has 20 heavy (non-hydrogen) atoms. The van der Waals surface area contributed by atoms with E-state index in [9.17, 15) is 0 Å². The topological polar surface area (TPSA) is 59.2 Å². The highest BCUT2D eigenvalue weighted by Crippen LogP contribution is 2.36. The molecule has 1 aliphatic heterocycles. The maximum Gasteiger partial charge on any atom is 0.231 e. The fourth-order valence-corrected chi connectivity index (χ4v) is 2.31. The van der Waals surface area contributed by atoms with Crippen LogP contribution in [0.5, 0.6) is 11.5 Å². The first kappa shape index (κ1) is 13.0. The standard InChI is InChI=1S/C15H19N3O2/c1-15(2,9-16-8-14-17-5-6-18-14)11-3-4-12-13(7-11)20-10-19-12/h3-7,16H,8-10H2,1-2H3,(H,17,18). The fraction of sp³-hybridized carbons (Fsp3) is 0.400. The maximum absolute atomic E-state index is 5.44. The molecule has 0 unspecified atom stereocenters. The van der Waals surface area contributed by atoms with E-state index in [2.05, 4.69) is 41.3 Å². The Bertz CT molecular complexity index is 579. The first-order valence-corrected chi connectivity index (χ1v) is 6.74. The van der Waals surface area contributed by atoms with Crippen molar-refractivity contribution >= 4 is 0 Å². The van der Waals surface area contributed by atoms with Crippen molar-refractivity contribution in [3.63, 3.8) is 0 Å². The summed E-state index contributed by atoms with van der Waals surface area (Å²) in [5.41, 5.74) is 1.24. The molecule has 2 aromatic rings. The number of hydrogen-bond acceptors (Lipinski definition) is 4. The van der Waals surface area contributed by atoms with E-state index < -0.39 is 0 Å². The minimum absolute atomic E-state index is 0.00751. The van der Waals surface area contributed by atoms with Gasteiger partial charge in [0.2, 0.25) is 6.79 Å². The van der Waals surface area contributed by atoms with Gasteiger partial charge in [0.05, 0.1) is 6.54 Å². The van der Waals surface area contributed by atoms with Crippen LogP contribution in [0.25, 0.3) is 0 Å². The number of rotatable bonds is 5. The molecule has 0 aliphatic carbocycles. The summed E-state index contributed by atoms with van der Waals surface area (Å²) in [6.45, 7) is 6.32. The number of nitrogens with one attached hydrogen (secondary N) is 2. The van der Waals surface area contributed by atoms with Gasteiger partial charge in [-0.3, -0.25) is 0 Å². The van der Waals surface area contributed by atoms with Crippen molar-refractivity contribution in [1.29, 1.82) is 0 Å². The molecule has 5 heteroatoms. The molecule has 0 radical (unpaired) electrons. The summed E-state index contributed by atoms with van der Waals surface area (Å²) < 4.78 is 10.8. The normalized spacial score (nSPS) is 13.7. The van der Waals surface area contributed by atoms with E-state index in [0.717, 1.165) is 30.4 Å². The van der Waals surface area contributed by atoms with Gasteiger partial charge in [-0.15, -0.1) is 0 Å². The minimum Gasteiger partial charge on any atom is -0.454 e. The summed E-state index contributed by atoms with van der Waals surface area (Å²) in [5.74, 6) is 2.61. The molecule has 106 valence electrons. The summed E-state index contributed by atoms with van der Waals surface area (Å²) in [4.78, 5) is 7.29. The predicted molar refractivity (Wildman–Crippen MR) is 75.9 cm³/mol. The van der Waals surface area contributed by atoms with Crippen LogP contribution in [0.15, 0.2) is 30.6 Å². The third-order valence-corrected chi connectivity index (χ3v) is 3.57. The molecule has 0 saturated heterocycles. The Morgan fingerprint density at radius 3 is 2.95 bits per heavy atom. The van der Waals surface area contributed by atoms with Crippen LogP contribution in [0.1, 0.15) is 25.2 Å². The number of aromatic nitrogens is 2. The smallest absolute Gasteiger partial charge is 0.231 e. The van der Waals surface area contributed by atoms with Crippen LogP contribution in [0, 0.1) is 0 Å². The van der Waals surface area contributed by atoms with Crippen molar-refractivity contribution in [2.45, 2.75) is 25.8 Å². The second kappa shape index (κ2) is 5.17. The largest absolute Gasteiger partial charge is 0.454 e. The first-order valence-electron chi connectivity index (χ1n) is 6.74. The first-order chi connectivity index (χ1) is 9.65. The molecular weight excluding hydrogens is 254 g/mol. The molecule has 0 saturated carbocycles. The number of nitrogens with zero attached hydrogens (tertiary/aromatic N) is 1. The van der Waals surface area contributed by atoms with Crippen molar-refractivity contribution in [3.8, 4) is 11.5 Å². The van der Waals surface area contributed by atoms with Gasteiger partial charge in [-0.05, 0) is 17.7 Å². The van der Waals surface area contributed by atoms with E-state index in [1.54, 1.807) is 6.20 Å². The Morgan fingerprint density at radius 1 is 1.30 bits per heavy atom. The lowest BCUT2D eigenvalue weighted by molar-refractivity contribution is 0.174. The summed E-state index contributed by atoms with van der Waals surface area (Å²) in [6, 6.07) is 6.14. The lowest BCUT2D eigenvalue weighted by Crippen LogP contribution is -2.32. The van der Waals surface area contributed by atoms with Gasteiger partial charge in [0.15, 0.2) is 11.5 Å². The van der Waals surface area contributed by atoms with E-state index in [4.69, 9.17) is 9.47 Å². The Balaban J connectivity index is 1.65. The average molecular weight is 273 g/mol. The number of ether oxygens (including phenoxy) is 2. The van der Waals surface area contributed by atoms with E-state index in [1.807, 2.05) is 12.3 Å². The number of H-pyrrole nitrogens is 1. The Morgan fingerprint density at radius 2 is 2.15 bits per heavy atom. The highest BCUT2D eigenvalue weighted by atomic mass is 16.7. The van der Waals surface area contributed by atoms with Crippen molar-refractivity contribution < 1.29 is 9.47 Å². The lowest BCUT2D eigenvalue weighted by Gasteiger charge is -2.25. The molecule has 0 fully saturated rings. The van der Waals surface area contributed by atoms with Crippen LogP contribution in [0.4, 0.5) is 0 Å². The Kier molecular flexibility index (Phi) is 3.36. The second-order valence-electron chi connectivity index (χ2n) is 5.59. The third kappa shape index (κ3) is 2.63. The van der Waals surface area contributed by atoms with E-state index in [0.29, 0.717) is 6.79 Å². The molecule has 1 aliphatic rings. The number of fused-ring (bicyclic) bond motifs is 1. The summed E-state index contributed by atoms with van der Waals surface area (Å²) >= 11 is 0. The van der Waals surface area contributed by atoms with E-state index >= 15 is 0 Å². The van der Waals surface area contributed by atoms with Gasteiger partial charge in [-0.2, -0.15) is 0 Å². The number of hydrogen-bond donors (Lipinski definition) is 2. The summed E-state index contributed by atoms with van der Waals surface area (Å²) in [6.07, 6.45) is 3.60. The predicted octanol–water partition coefficient (Wildman–Crippen LogP) is 2.21. The van der Waals surface area contributed by atoms with E-state index in [1.165, 1.54) is 5.56 Å². The third-order valence-electron chi connectivity index (χ3n) is 3.57. The van der Waals surface area contributed by atoms with Gasteiger partial charge in [0, 0.05) is 24.4 Å². The molecular formula is C15H19N3O2. The summed E-state index contributed by atoms with van der Waals surface area (Å²) in [5, 5.41) is 3.43. The van der Waals surface area contributed by atoms with Crippen molar-refractivity contribution in [2.24, 2.45) is 0 Å². The monoisotopic (exact) mass is 273 g/mol. The minimum atomic E-state index is 0.00751. The van der Waals surface area contributed by atoms with Gasteiger partial charge in [-0.25, -0.2) is 4.98 Å². The van der Waals surface area contributed by atoms with Crippen LogP contribution < -0.4 is 14.8 Å². The van der Waals surface area contributed by atoms with Crippen LogP contribution in [-0.4, -0.2) is 23.3 Å². The second-order valence-corrected chi connectivity index (χ2v) is 5.59. The van der Waals surface area contributed by atoms with Gasteiger partial charge in [0.1, 0.15) is 5.82 Å². The van der Waals surface area contributed by atoms with Gasteiger partial charge in [-0.1, -0.05) is 19.9 Å². The highest BCUT2D eigenvalue weighted by Gasteiger charge is 2.23. The quantitative estimate of drug-likeness (QED) is 0.877. The molecule has 1 aromatic heterocycles. The van der Waals surface area contributed by atoms with Crippen LogP contribution in [0.2, 0.25) is 0 Å². The Labute approximate surface area is 118 Å². The molecule has 1 aromatic carbocycles. The van der Waals surface area contributed by atoms with E-state index in [-0.39, 0.29) is 5.41 Å². The highest BCUT2D eigenvalue weighted by molar-refractivity contribution is 5.46. The van der Waals surface area contributed by atoms with Crippen molar-refractivity contribution in [2.75, 3.05) is 13.3 Å². The van der Waals surface area contributed by atoms with Crippen molar-refractivity contribution in [3.05, 3.63) is 42.0 Å². The summed E-state index contributed by atoms with van der Waals surface area (Å²) in [7, 11) is 0. The van der Waals surface area contributed by atoms with Crippen LogP contribution in [-0.2, 0) is 12.0 Å². The van der Waals surface area contributed by atoms with Gasteiger partial charge >= 0.3 is 0 Å². The number of benzene rings is 1. The zero-order chi connectivity index (χ0) is 14.0. The molecule has 2 heterocycles. The van der Waals surface area contributed by atoms with Crippen LogP contribution >= 0.6 is 0 Å². The molecule has 0 amide bonds. The maximum atomic E-state index is 5.44. The van der Waals surface area contributed by atoms with Crippen molar-refractivity contribution in [1.82, 2.24) is 15.3 Å². The zero-order valence-electron chi connectivity index (χ0n) is 11.8. The Hall–Kier alpha value is -2.01.